The van der Waals surface area contributed by atoms with Crippen LogP contribution in [0.3, 0.4) is 0 Å². The number of hydrogen-bond donors (Lipinski definition) is 1. The van der Waals surface area contributed by atoms with E-state index in [1.54, 1.807) is 32.4 Å². The average Bonchev–Trinajstić information content (AvgIpc) is 3.40. The highest BCUT2D eigenvalue weighted by molar-refractivity contribution is 7.91. The van der Waals surface area contributed by atoms with Crippen molar-refractivity contribution in [1.82, 2.24) is 29.6 Å². The zero-order chi connectivity index (χ0) is 23.3. The number of nitrogen functional groups attached to an aromatic ring is 1. The number of rotatable bonds is 4. The lowest BCUT2D eigenvalue weighted by Gasteiger charge is -2.29. The van der Waals surface area contributed by atoms with E-state index in [1.807, 2.05) is 19.9 Å². The highest BCUT2D eigenvalue weighted by Gasteiger charge is 2.25. The second-order valence-electron chi connectivity index (χ2n) is 8.31. The molecular formula is C21H23FN8O2S. The number of hydrogen-bond acceptors (Lipinski definition) is 8. The fourth-order valence-corrected chi connectivity index (χ4v) is 5.36. The molecule has 0 saturated carbocycles. The maximum Gasteiger partial charge on any atom is 0.153 e. The molecule has 33 heavy (non-hydrogen) atoms. The highest BCUT2D eigenvalue weighted by atomic mass is 32.2. The van der Waals surface area contributed by atoms with Gasteiger partial charge in [0.05, 0.1) is 34.8 Å². The first-order valence-corrected chi connectivity index (χ1v) is 12.4. The lowest BCUT2D eigenvalue weighted by Crippen LogP contribution is -2.40. The number of fused-ring (bicyclic) bond motifs is 1. The fourth-order valence-electron chi connectivity index (χ4n) is 4.15. The largest absolute Gasteiger partial charge is 0.382 e. The summed E-state index contributed by atoms with van der Waals surface area (Å²) in [6, 6.07) is 6.75. The Morgan fingerprint density at radius 3 is 2.61 bits per heavy atom. The van der Waals surface area contributed by atoms with Crippen LogP contribution in [-0.2, 0) is 9.84 Å². The lowest BCUT2D eigenvalue weighted by atomic mass is 10.1. The number of anilines is 2. The van der Waals surface area contributed by atoms with Crippen LogP contribution in [-0.4, -0.2) is 62.6 Å². The molecule has 0 unspecified atom stereocenters. The first-order chi connectivity index (χ1) is 15.7. The molecule has 172 valence electrons. The van der Waals surface area contributed by atoms with E-state index >= 15 is 0 Å². The van der Waals surface area contributed by atoms with E-state index in [9.17, 15) is 12.8 Å². The van der Waals surface area contributed by atoms with E-state index in [4.69, 9.17) is 5.73 Å². The molecule has 12 heteroatoms. The second kappa shape index (κ2) is 7.80. The molecule has 1 aromatic carbocycles. The number of halogens is 1. The number of nitrogens with zero attached hydrogens (tertiary/aromatic N) is 7. The minimum Gasteiger partial charge on any atom is -0.382 e. The Labute approximate surface area is 189 Å². The van der Waals surface area contributed by atoms with Crippen molar-refractivity contribution in [2.45, 2.75) is 19.9 Å². The maximum atomic E-state index is 14.7. The molecule has 0 radical (unpaired) electrons. The van der Waals surface area contributed by atoms with Gasteiger partial charge in [0.15, 0.2) is 15.7 Å². The van der Waals surface area contributed by atoms with Crippen molar-refractivity contribution >= 4 is 26.9 Å². The van der Waals surface area contributed by atoms with Crippen molar-refractivity contribution in [3.05, 3.63) is 42.6 Å². The second-order valence-corrected chi connectivity index (χ2v) is 10.6. The highest BCUT2D eigenvalue weighted by Crippen LogP contribution is 2.36. The third-order valence-corrected chi connectivity index (χ3v) is 7.46. The molecule has 0 aliphatic carbocycles. The molecular weight excluding hydrogens is 447 g/mol. The van der Waals surface area contributed by atoms with E-state index in [0.29, 0.717) is 28.3 Å². The monoisotopic (exact) mass is 470 g/mol. The van der Waals surface area contributed by atoms with Gasteiger partial charge in [-0.2, -0.15) is 5.10 Å². The zero-order valence-corrected chi connectivity index (χ0v) is 19.0. The Balaban J connectivity index is 1.66. The van der Waals surface area contributed by atoms with Gasteiger partial charge in [-0.15, -0.1) is 5.10 Å². The van der Waals surface area contributed by atoms with E-state index in [1.165, 1.54) is 12.4 Å². The minimum absolute atomic E-state index is 0.00479. The Bertz CT molecular complexity index is 1450. The number of benzene rings is 1. The molecule has 2 N–H and O–H groups in total. The molecule has 0 bridgehead atoms. The van der Waals surface area contributed by atoms with Crippen LogP contribution in [0.4, 0.5) is 15.9 Å². The van der Waals surface area contributed by atoms with Crippen LogP contribution in [0.25, 0.3) is 28.0 Å². The molecule has 0 atom stereocenters. The van der Waals surface area contributed by atoms with Gasteiger partial charge in [-0.05, 0) is 38.1 Å². The summed E-state index contributed by atoms with van der Waals surface area (Å²) in [4.78, 5) is 5.91. The number of sulfone groups is 1. The van der Waals surface area contributed by atoms with Crippen LogP contribution in [0.2, 0.25) is 0 Å². The molecule has 4 aromatic rings. The zero-order valence-electron chi connectivity index (χ0n) is 18.2. The van der Waals surface area contributed by atoms with Crippen molar-refractivity contribution in [3.8, 4) is 22.5 Å². The molecule has 5 rings (SSSR count). The smallest absolute Gasteiger partial charge is 0.153 e. The van der Waals surface area contributed by atoms with Crippen LogP contribution in [0.1, 0.15) is 19.9 Å². The summed E-state index contributed by atoms with van der Waals surface area (Å²) in [5.41, 5.74) is 10.1. The van der Waals surface area contributed by atoms with Gasteiger partial charge in [-0.25, -0.2) is 27.0 Å². The minimum atomic E-state index is -3.08. The van der Waals surface area contributed by atoms with E-state index in [-0.39, 0.29) is 30.6 Å². The molecule has 1 aliphatic rings. The molecule has 1 saturated heterocycles. The van der Waals surface area contributed by atoms with Gasteiger partial charge >= 0.3 is 0 Å². The van der Waals surface area contributed by atoms with Crippen molar-refractivity contribution in [1.29, 1.82) is 0 Å². The Kier molecular flexibility index (Phi) is 5.04. The molecule has 4 heterocycles. The molecule has 1 aliphatic heterocycles. The molecule has 0 spiro atoms. The van der Waals surface area contributed by atoms with Gasteiger partial charge in [0.1, 0.15) is 17.7 Å². The van der Waals surface area contributed by atoms with Gasteiger partial charge in [0, 0.05) is 30.3 Å². The van der Waals surface area contributed by atoms with E-state index in [0.717, 1.165) is 11.3 Å². The van der Waals surface area contributed by atoms with Crippen molar-refractivity contribution < 1.29 is 12.8 Å². The first-order valence-electron chi connectivity index (χ1n) is 10.5. The van der Waals surface area contributed by atoms with Gasteiger partial charge in [-0.3, -0.25) is 0 Å². The summed E-state index contributed by atoms with van der Waals surface area (Å²) in [6.07, 6.45) is 3.03. The summed E-state index contributed by atoms with van der Waals surface area (Å²) in [5, 5.41) is 12.6. The van der Waals surface area contributed by atoms with Gasteiger partial charge in [0.25, 0.3) is 0 Å². The normalized spacial score (nSPS) is 16.1. The molecule has 1 fully saturated rings. The Morgan fingerprint density at radius 2 is 1.88 bits per heavy atom. The molecule has 0 amide bonds. The van der Waals surface area contributed by atoms with Crippen LogP contribution in [0, 0.1) is 5.82 Å². The standard InChI is InChI=1S/C21H23FN8O2S/c1-13(2)29-19(11-25-27-29)15-10-17(30-20(15)21(23)24-12-26-30)14-3-4-16(22)18(9-14)28-5-7-33(31,32)8-6-28/h3-4,9-13H,5-8H2,1-2H3,(H2,23,24,26). The van der Waals surface area contributed by atoms with Gasteiger partial charge < -0.3 is 10.6 Å². The quantitative estimate of drug-likeness (QED) is 0.481. The first kappa shape index (κ1) is 21.3. The van der Waals surface area contributed by atoms with Crippen molar-refractivity contribution in [2.24, 2.45) is 0 Å². The van der Waals surface area contributed by atoms with Crippen molar-refractivity contribution in [2.75, 3.05) is 35.2 Å². The van der Waals surface area contributed by atoms with Crippen LogP contribution < -0.4 is 10.6 Å². The summed E-state index contributed by atoms with van der Waals surface area (Å²) in [7, 11) is -3.08. The number of aromatic nitrogens is 6. The van der Waals surface area contributed by atoms with Crippen LogP contribution in [0.15, 0.2) is 36.8 Å². The predicted octanol–water partition coefficient (Wildman–Crippen LogP) is 2.19. The summed E-state index contributed by atoms with van der Waals surface area (Å²) in [6.45, 7) is 4.50. The average molecular weight is 471 g/mol. The van der Waals surface area contributed by atoms with Crippen LogP contribution >= 0.6 is 0 Å². The van der Waals surface area contributed by atoms with Crippen molar-refractivity contribution in [3.63, 3.8) is 0 Å². The van der Waals surface area contributed by atoms with Gasteiger partial charge in [-0.1, -0.05) is 5.21 Å². The topological polar surface area (TPSA) is 124 Å². The third kappa shape index (κ3) is 3.69. The van der Waals surface area contributed by atoms with Crippen LogP contribution in [0.5, 0.6) is 0 Å². The van der Waals surface area contributed by atoms with E-state index in [2.05, 4.69) is 20.4 Å². The number of nitrogens with two attached hydrogens (primary N) is 1. The Hall–Kier alpha value is -3.54. The lowest BCUT2D eigenvalue weighted by molar-refractivity contribution is 0.519. The third-order valence-electron chi connectivity index (χ3n) is 5.85. The summed E-state index contributed by atoms with van der Waals surface area (Å²) >= 11 is 0. The molecule has 10 nitrogen and oxygen atoms in total. The summed E-state index contributed by atoms with van der Waals surface area (Å²) < 4.78 is 41.8. The predicted molar refractivity (Wildman–Crippen MR) is 123 cm³/mol. The Morgan fingerprint density at radius 1 is 1.12 bits per heavy atom. The fraction of sp³-hybridized carbons (Fsp3) is 0.333. The summed E-state index contributed by atoms with van der Waals surface area (Å²) in [5.74, 6) is -0.1000. The SMILES string of the molecule is CC(C)n1nncc1-c1cc(-c2ccc(F)c(N3CCS(=O)(=O)CC3)c2)n2ncnc(N)c12. The maximum absolute atomic E-state index is 14.7. The molecule has 3 aromatic heterocycles. The van der Waals surface area contributed by atoms with Gasteiger partial charge in [0.2, 0.25) is 0 Å². The van der Waals surface area contributed by atoms with E-state index < -0.39 is 15.7 Å².